The van der Waals surface area contributed by atoms with E-state index in [0.717, 1.165) is 39.1 Å². The standard InChI is InChI=1S/C14H26N4O/c1-3-5-17-11-16-9-14(17)13(8-15)18-6-7-19-10-12(18)4-2/h9,11-13H,3-8,10,15H2,1-2H3. The lowest BCUT2D eigenvalue weighted by molar-refractivity contribution is -0.0305. The van der Waals surface area contributed by atoms with Crippen LogP contribution in [0.1, 0.15) is 38.4 Å². The predicted molar refractivity (Wildman–Crippen MR) is 75.9 cm³/mol. The van der Waals surface area contributed by atoms with Gasteiger partial charge < -0.3 is 15.0 Å². The Hall–Kier alpha value is -0.910. The van der Waals surface area contributed by atoms with E-state index in [1.807, 2.05) is 12.5 Å². The molecule has 0 saturated carbocycles. The van der Waals surface area contributed by atoms with Gasteiger partial charge in [-0.1, -0.05) is 13.8 Å². The van der Waals surface area contributed by atoms with Crippen LogP contribution in [0, 0.1) is 0 Å². The smallest absolute Gasteiger partial charge is 0.0948 e. The number of nitrogens with two attached hydrogens (primary N) is 1. The van der Waals surface area contributed by atoms with E-state index in [1.54, 1.807) is 0 Å². The molecule has 1 saturated heterocycles. The Morgan fingerprint density at radius 2 is 2.37 bits per heavy atom. The highest BCUT2D eigenvalue weighted by atomic mass is 16.5. The summed E-state index contributed by atoms with van der Waals surface area (Å²) in [6.45, 7) is 8.61. The van der Waals surface area contributed by atoms with Gasteiger partial charge in [0.15, 0.2) is 0 Å². The molecule has 5 heteroatoms. The normalized spacial score (nSPS) is 22.6. The number of morpholine rings is 1. The Morgan fingerprint density at radius 3 is 3.05 bits per heavy atom. The maximum atomic E-state index is 6.05. The van der Waals surface area contributed by atoms with E-state index < -0.39 is 0 Å². The highest BCUT2D eigenvalue weighted by Crippen LogP contribution is 2.25. The van der Waals surface area contributed by atoms with Crippen LogP contribution in [0.5, 0.6) is 0 Å². The van der Waals surface area contributed by atoms with E-state index in [1.165, 1.54) is 5.69 Å². The molecule has 2 unspecified atom stereocenters. The first-order valence-corrected chi connectivity index (χ1v) is 7.35. The number of aromatic nitrogens is 2. The molecule has 2 atom stereocenters. The Kier molecular flexibility index (Phi) is 5.36. The molecule has 1 fully saturated rings. The van der Waals surface area contributed by atoms with Gasteiger partial charge in [0.25, 0.3) is 0 Å². The van der Waals surface area contributed by atoms with E-state index >= 15 is 0 Å². The largest absolute Gasteiger partial charge is 0.378 e. The summed E-state index contributed by atoms with van der Waals surface area (Å²) < 4.78 is 7.82. The minimum atomic E-state index is 0.253. The third-order valence-electron chi connectivity index (χ3n) is 3.92. The number of hydrogen-bond acceptors (Lipinski definition) is 4. The SMILES string of the molecule is CCCn1cncc1C(CN)N1CCOCC1CC. The van der Waals surface area contributed by atoms with Gasteiger partial charge in [-0.15, -0.1) is 0 Å². The van der Waals surface area contributed by atoms with E-state index in [0.29, 0.717) is 12.6 Å². The van der Waals surface area contributed by atoms with Crippen LogP contribution in [0.3, 0.4) is 0 Å². The molecule has 0 amide bonds. The Balaban J connectivity index is 2.19. The van der Waals surface area contributed by atoms with E-state index in [2.05, 4.69) is 28.3 Å². The van der Waals surface area contributed by atoms with Gasteiger partial charge in [-0.05, 0) is 12.8 Å². The van der Waals surface area contributed by atoms with Crippen molar-refractivity contribution in [1.82, 2.24) is 14.5 Å². The summed E-state index contributed by atoms with van der Waals surface area (Å²) in [5.74, 6) is 0. The summed E-state index contributed by atoms with van der Waals surface area (Å²) in [4.78, 5) is 6.80. The number of nitrogens with zero attached hydrogens (tertiary/aromatic N) is 3. The van der Waals surface area contributed by atoms with Crippen LogP contribution in [0.2, 0.25) is 0 Å². The first-order valence-electron chi connectivity index (χ1n) is 7.35. The van der Waals surface area contributed by atoms with E-state index in [4.69, 9.17) is 10.5 Å². The summed E-state index contributed by atoms with van der Waals surface area (Å²) in [6, 6.07) is 0.718. The van der Waals surface area contributed by atoms with Gasteiger partial charge in [0.1, 0.15) is 0 Å². The first kappa shape index (κ1) is 14.5. The first-order chi connectivity index (χ1) is 9.31. The van der Waals surface area contributed by atoms with Crippen molar-refractivity contribution in [3.05, 3.63) is 18.2 Å². The molecular formula is C14H26N4O. The Morgan fingerprint density at radius 1 is 1.53 bits per heavy atom. The molecule has 1 aromatic rings. The van der Waals surface area contributed by atoms with Gasteiger partial charge in [0.05, 0.1) is 31.3 Å². The lowest BCUT2D eigenvalue weighted by Crippen LogP contribution is -2.49. The van der Waals surface area contributed by atoms with Gasteiger partial charge in [-0.3, -0.25) is 4.90 Å². The van der Waals surface area contributed by atoms with Gasteiger partial charge in [-0.2, -0.15) is 0 Å². The van der Waals surface area contributed by atoms with E-state index in [9.17, 15) is 0 Å². The fourth-order valence-corrected chi connectivity index (χ4v) is 2.89. The third-order valence-corrected chi connectivity index (χ3v) is 3.92. The molecule has 5 nitrogen and oxygen atoms in total. The summed E-state index contributed by atoms with van der Waals surface area (Å²) in [5.41, 5.74) is 7.29. The molecule has 0 aliphatic carbocycles. The van der Waals surface area contributed by atoms with Crippen LogP contribution < -0.4 is 5.73 Å². The number of rotatable bonds is 6. The Labute approximate surface area is 115 Å². The quantitative estimate of drug-likeness (QED) is 0.845. The van der Waals surface area contributed by atoms with Crippen molar-refractivity contribution in [1.29, 1.82) is 0 Å². The second kappa shape index (κ2) is 7.03. The highest BCUT2D eigenvalue weighted by molar-refractivity contribution is 5.08. The van der Waals surface area contributed by atoms with Crippen LogP contribution in [0.4, 0.5) is 0 Å². The van der Waals surface area contributed by atoms with Gasteiger partial charge in [-0.25, -0.2) is 4.98 Å². The molecule has 1 aromatic heterocycles. The van der Waals surface area contributed by atoms with E-state index in [-0.39, 0.29) is 6.04 Å². The number of imidazole rings is 1. The van der Waals surface area contributed by atoms with Crippen molar-refractivity contribution < 1.29 is 4.74 Å². The zero-order valence-corrected chi connectivity index (χ0v) is 12.1. The van der Waals surface area contributed by atoms with Crippen molar-refractivity contribution in [2.45, 2.75) is 45.3 Å². The van der Waals surface area contributed by atoms with Gasteiger partial charge in [0, 0.05) is 31.9 Å². The van der Waals surface area contributed by atoms with Crippen LogP contribution in [-0.2, 0) is 11.3 Å². The molecule has 0 spiro atoms. The van der Waals surface area contributed by atoms with Crippen LogP contribution in [0.25, 0.3) is 0 Å². The van der Waals surface area contributed by atoms with Crippen LogP contribution >= 0.6 is 0 Å². The number of aryl methyl sites for hydroxylation is 1. The minimum Gasteiger partial charge on any atom is -0.378 e. The molecule has 2 rings (SSSR count). The summed E-state index contributed by atoms with van der Waals surface area (Å²) >= 11 is 0. The van der Waals surface area contributed by atoms with Crippen molar-refractivity contribution in [3.63, 3.8) is 0 Å². The summed E-state index contributed by atoms with van der Waals surface area (Å²) in [5, 5.41) is 0. The molecule has 19 heavy (non-hydrogen) atoms. The van der Waals surface area contributed by atoms with Gasteiger partial charge >= 0.3 is 0 Å². The summed E-state index contributed by atoms with van der Waals surface area (Å²) in [7, 11) is 0. The summed E-state index contributed by atoms with van der Waals surface area (Å²) in [6.07, 6.45) is 6.09. The predicted octanol–water partition coefficient (Wildman–Crippen LogP) is 1.40. The second-order valence-corrected chi connectivity index (χ2v) is 5.14. The molecule has 1 aliphatic rings. The zero-order chi connectivity index (χ0) is 13.7. The molecule has 2 heterocycles. The average molecular weight is 266 g/mol. The minimum absolute atomic E-state index is 0.253. The fourth-order valence-electron chi connectivity index (χ4n) is 2.89. The maximum Gasteiger partial charge on any atom is 0.0948 e. The molecular weight excluding hydrogens is 240 g/mol. The number of ether oxygens (including phenoxy) is 1. The molecule has 0 aromatic carbocycles. The lowest BCUT2D eigenvalue weighted by atomic mass is 10.1. The number of hydrogen-bond donors (Lipinski definition) is 1. The molecule has 1 aliphatic heterocycles. The third kappa shape index (κ3) is 3.16. The average Bonchev–Trinajstić information content (AvgIpc) is 2.89. The van der Waals surface area contributed by atoms with Gasteiger partial charge in [0.2, 0.25) is 0 Å². The second-order valence-electron chi connectivity index (χ2n) is 5.14. The Bertz CT molecular complexity index is 379. The molecule has 2 N–H and O–H groups in total. The van der Waals surface area contributed by atoms with Crippen LogP contribution in [-0.4, -0.2) is 46.8 Å². The maximum absolute atomic E-state index is 6.05. The van der Waals surface area contributed by atoms with Crippen molar-refractivity contribution >= 4 is 0 Å². The topological polar surface area (TPSA) is 56.3 Å². The van der Waals surface area contributed by atoms with Crippen molar-refractivity contribution in [2.24, 2.45) is 5.73 Å². The van der Waals surface area contributed by atoms with Crippen molar-refractivity contribution in [2.75, 3.05) is 26.3 Å². The monoisotopic (exact) mass is 266 g/mol. The molecule has 0 bridgehead atoms. The van der Waals surface area contributed by atoms with Crippen LogP contribution in [0.15, 0.2) is 12.5 Å². The fraction of sp³-hybridized carbons (Fsp3) is 0.786. The van der Waals surface area contributed by atoms with Crippen molar-refractivity contribution in [3.8, 4) is 0 Å². The molecule has 108 valence electrons. The lowest BCUT2D eigenvalue weighted by Gasteiger charge is -2.40. The molecule has 0 radical (unpaired) electrons. The highest BCUT2D eigenvalue weighted by Gasteiger charge is 2.30. The zero-order valence-electron chi connectivity index (χ0n) is 12.1.